The van der Waals surface area contributed by atoms with Gasteiger partial charge in [0.2, 0.25) is 0 Å². The molecule has 0 amide bonds. The number of fused-ring (bicyclic) bond motifs is 1. The van der Waals surface area contributed by atoms with Gasteiger partial charge in [0.1, 0.15) is 0 Å². The quantitative estimate of drug-likeness (QED) is 0.635. The van der Waals surface area contributed by atoms with Crippen molar-refractivity contribution in [2.24, 2.45) is 0 Å². The molecule has 0 bridgehead atoms. The van der Waals surface area contributed by atoms with Crippen LogP contribution in [0.4, 0.5) is 0 Å². The smallest absolute Gasteiger partial charge is 0.338 e. The Morgan fingerprint density at radius 3 is 2.35 bits per heavy atom. The zero-order valence-corrected chi connectivity index (χ0v) is 11.3. The molecule has 20 heavy (non-hydrogen) atoms. The number of carbonyl (C=O) groups is 2. The first-order chi connectivity index (χ1) is 9.60. The molecule has 0 aliphatic heterocycles. The topological polar surface area (TPSA) is 52.6 Å². The molecule has 0 atom stereocenters. The highest BCUT2D eigenvalue weighted by atomic mass is 16.5. The third-order valence-corrected chi connectivity index (χ3v) is 3.07. The normalized spacial score (nSPS) is 10.1. The van der Waals surface area contributed by atoms with Crippen molar-refractivity contribution in [1.29, 1.82) is 0 Å². The van der Waals surface area contributed by atoms with Crippen LogP contribution in [0.1, 0.15) is 15.9 Å². The predicted octanol–water partition coefficient (Wildman–Crippen LogP) is 2.81. The Bertz CT molecular complexity index is 701. The van der Waals surface area contributed by atoms with Crippen LogP contribution in [-0.2, 0) is 14.3 Å². The highest BCUT2D eigenvalue weighted by Gasteiger charge is 2.21. The van der Waals surface area contributed by atoms with E-state index >= 15 is 0 Å². The van der Waals surface area contributed by atoms with Gasteiger partial charge >= 0.3 is 11.9 Å². The molecule has 0 spiro atoms. The van der Waals surface area contributed by atoms with Crippen LogP contribution < -0.4 is 0 Å². The van der Waals surface area contributed by atoms with Crippen LogP contribution in [0.3, 0.4) is 0 Å². The summed E-state index contributed by atoms with van der Waals surface area (Å²) < 4.78 is 9.45. The Kier molecular flexibility index (Phi) is 3.84. The Morgan fingerprint density at radius 2 is 1.70 bits per heavy atom. The van der Waals surface area contributed by atoms with Gasteiger partial charge in [-0.2, -0.15) is 0 Å². The molecule has 0 N–H and O–H groups in total. The largest absolute Gasteiger partial charge is 0.465 e. The van der Waals surface area contributed by atoms with E-state index in [1.54, 1.807) is 12.1 Å². The second kappa shape index (κ2) is 5.57. The average molecular weight is 270 g/mol. The number of carbonyl (C=O) groups excluding carboxylic acids is 2. The van der Waals surface area contributed by atoms with E-state index in [1.807, 2.05) is 24.3 Å². The van der Waals surface area contributed by atoms with E-state index in [0.29, 0.717) is 11.1 Å². The molecule has 0 radical (unpaired) electrons. The standard InChI is InChI=1S/C16H14O4/c1-10(15(17)19-2)14-12-7-5-4-6-11(12)8-9-13(14)16(18)20-3/h4-9H,1H2,2-3H3. The van der Waals surface area contributed by atoms with E-state index in [0.717, 1.165) is 10.8 Å². The first-order valence-corrected chi connectivity index (χ1v) is 5.97. The molecule has 2 rings (SSSR count). The van der Waals surface area contributed by atoms with Crippen LogP contribution >= 0.6 is 0 Å². The molecule has 2 aromatic carbocycles. The van der Waals surface area contributed by atoms with Crippen molar-refractivity contribution in [2.75, 3.05) is 14.2 Å². The van der Waals surface area contributed by atoms with Crippen molar-refractivity contribution in [1.82, 2.24) is 0 Å². The van der Waals surface area contributed by atoms with Crippen LogP contribution in [0.5, 0.6) is 0 Å². The number of rotatable bonds is 3. The summed E-state index contributed by atoms with van der Waals surface area (Å²) in [5.74, 6) is -1.10. The molecule has 102 valence electrons. The van der Waals surface area contributed by atoms with Crippen molar-refractivity contribution in [3.05, 3.63) is 54.1 Å². The SMILES string of the molecule is C=C(C(=O)OC)c1c(C(=O)OC)ccc2ccccc12. The van der Waals surface area contributed by atoms with Gasteiger partial charge in [-0.05, 0) is 16.8 Å². The second-order valence-electron chi connectivity index (χ2n) is 4.17. The Hall–Kier alpha value is -2.62. The lowest BCUT2D eigenvalue weighted by atomic mass is 9.94. The molecule has 4 heteroatoms. The van der Waals surface area contributed by atoms with Crippen molar-refractivity contribution in [3.63, 3.8) is 0 Å². The molecular formula is C16H14O4. The van der Waals surface area contributed by atoms with Crippen molar-refractivity contribution >= 4 is 28.3 Å². The summed E-state index contributed by atoms with van der Waals surface area (Å²) in [7, 11) is 2.57. The Balaban J connectivity index is 2.77. The molecule has 0 aliphatic carbocycles. The summed E-state index contributed by atoms with van der Waals surface area (Å²) in [5, 5.41) is 1.66. The second-order valence-corrected chi connectivity index (χ2v) is 4.17. The highest BCUT2D eigenvalue weighted by Crippen LogP contribution is 2.29. The van der Waals surface area contributed by atoms with Gasteiger partial charge in [0, 0.05) is 5.56 Å². The van der Waals surface area contributed by atoms with Gasteiger partial charge in [-0.15, -0.1) is 0 Å². The van der Waals surface area contributed by atoms with E-state index in [1.165, 1.54) is 14.2 Å². The highest BCUT2D eigenvalue weighted by molar-refractivity contribution is 6.22. The first-order valence-electron chi connectivity index (χ1n) is 5.97. The number of hydrogen-bond donors (Lipinski definition) is 0. The number of benzene rings is 2. The Morgan fingerprint density at radius 1 is 1.00 bits per heavy atom. The van der Waals surface area contributed by atoms with E-state index in [4.69, 9.17) is 9.47 Å². The lowest BCUT2D eigenvalue weighted by Gasteiger charge is -2.12. The maximum atomic E-state index is 11.9. The molecule has 0 saturated carbocycles. The monoisotopic (exact) mass is 270 g/mol. The fraction of sp³-hybridized carbons (Fsp3) is 0.125. The van der Waals surface area contributed by atoms with Crippen LogP contribution in [0.25, 0.3) is 16.3 Å². The van der Waals surface area contributed by atoms with Gasteiger partial charge < -0.3 is 9.47 Å². The fourth-order valence-corrected chi connectivity index (χ4v) is 2.10. The van der Waals surface area contributed by atoms with Crippen LogP contribution in [-0.4, -0.2) is 26.2 Å². The maximum absolute atomic E-state index is 11.9. The van der Waals surface area contributed by atoms with E-state index in [-0.39, 0.29) is 5.57 Å². The molecule has 4 nitrogen and oxygen atoms in total. The number of ether oxygens (including phenoxy) is 2. The molecular weight excluding hydrogens is 256 g/mol. The fourth-order valence-electron chi connectivity index (χ4n) is 2.10. The van der Waals surface area contributed by atoms with Crippen LogP contribution in [0.15, 0.2) is 43.0 Å². The van der Waals surface area contributed by atoms with Crippen LogP contribution in [0.2, 0.25) is 0 Å². The summed E-state index contributed by atoms with van der Waals surface area (Å²) >= 11 is 0. The summed E-state index contributed by atoms with van der Waals surface area (Å²) in [6.07, 6.45) is 0. The number of esters is 2. The lowest BCUT2D eigenvalue weighted by molar-refractivity contribution is -0.133. The first kappa shape index (κ1) is 13.8. The lowest BCUT2D eigenvalue weighted by Crippen LogP contribution is -2.10. The van der Waals surface area contributed by atoms with Gasteiger partial charge in [-0.3, -0.25) is 0 Å². The van der Waals surface area contributed by atoms with Crippen molar-refractivity contribution in [3.8, 4) is 0 Å². The zero-order chi connectivity index (χ0) is 14.7. The van der Waals surface area contributed by atoms with Crippen molar-refractivity contribution < 1.29 is 19.1 Å². The molecule has 0 fully saturated rings. The van der Waals surface area contributed by atoms with Gasteiger partial charge in [0.05, 0.1) is 25.4 Å². The summed E-state index contributed by atoms with van der Waals surface area (Å²) in [4.78, 5) is 23.6. The minimum atomic E-state index is -0.577. The van der Waals surface area contributed by atoms with Gasteiger partial charge in [0.15, 0.2) is 0 Å². The minimum Gasteiger partial charge on any atom is -0.465 e. The van der Waals surface area contributed by atoms with Gasteiger partial charge in [0.25, 0.3) is 0 Å². The Labute approximate surface area is 116 Å². The minimum absolute atomic E-state index is 0.129. The molecule has 2 aromatic rings. The van der Waals surface area contributed by atoms with Gasteiger partial charge in [-0.25, -0.2) is 9.59 Å². The van der Waals surface area contributed by atoms with E-state index in [2.05, 4.69) is 6.58 Å². The van der Waals surface area contributed by atoms with Gasteiger partial charge in [-0.1, -0.05) is 36.9 Å². The molecule has 0 aliphatic rings. The van der Waals surface area contributed by atoms with E-state index in [9.17, 15) is 9.59 Å². The predicted molar refractivity (Wildman–Crippen MR) is 76.3 cm³/mol. The summed E-state index contributed by atoms with van der Waals surface area (Å²) in [5.41, 5.74) is 0.869. The summed E-state index contributed by atoms with van der Waals surface area (Å²) in [6.45, 7) is 3.74. The third kappa shape index (κ3) is 2.28. The number of methoxy groups -OCH3 is 2. The third-order valence-electron chi connectivity index (χ3n) is 3.07. The molecule has 0 heterocycles. The van der Waals surface area contributed by atoms with E-state index < -0.39 is 11.9 Å². The summed E-state index contributed by atoms with van der Waals surface area (Å²) in [6, 6.07) is 10.9. The number of hydrogen-bond acceptors (Lipinski definition) is 4. The zero-order valence-electron chi connectivity index (χ0n) is 11.3. The molecule has 0 saturated heterocycles. The maximum Gasteiger partial charge on any atom is 0.338 e. The molecule has 0 unspecified atom stereocenters. The van der Waals surface area contributed by atoms with Crippen LogP contribution in [0, 0.1) is 0 Å². The van der Waals surface area contributed by atoms with Crippen molar-refractivity contribution in [2.45, 2.75) is 0 Å². The molecule has 0 aromatic heterocycles. The average Bonchev–Trinajstić information content (AvgIpc) is 2.51.